The molecule has 1 aromatic heterocycles. The van der Waals surface area contributed by atoms with E-state index in [0.717, 1.165) is 38.8 Å². The van der Waals surface area contributed by atoms with Gasteiger partial charge in [0.05, 0.1) is 13.1 Å². The number of thiophene rings is 1. The highest BCUT2D eigenvalue weighted by Gasteiger charge is 2.39. The predicted octanol–water partition coefficient (Wildman–Crippen LogP) is 1.84. The molecule has 0 radical (unpaired) electrons. The Balaban J connectivity index is 1.54. The Kier molecular flexibility index (Phi) is 5.33. The van der Waals surface area contributed by atoms with Crippen LogP contribution in [0.2, 0.25) is 0 Å². The van der Waals surface area contributed by atoms with Crippen LogP contribution in [0.4, 0.5) is 0 Å². The van der Waals surface area contributed by atoms with E-state index in [2.05, 4.69) is 10.2 Å². The maximum Gasteiger partial charge on any atom is 0.234 e. The lowest BCUT2D eigenvalue weighted by atomic mass is 10.0. The number of rotatable bonds is 5. The molecule has 2 aliphatic heterocycles. The Hall–Kier alpha value is -1.40. The molecule has 6 heteroatoms. The highest BCUT2D eigenvalue weighted by molar-refractivity contribution is 7.09. The van der Waals surface area contributed by atoms with Crippen LogP contribution in [0.5, 0.6) is 0 Å². The summed E-state index contributed by atoms with van der Waals surface area (Å²) in [6.07, 6.45) is 4.36. The van der Waals surface area contributed by atoms with Gasteiger partial charge in [0.1, 0.15) is 0 Å². The molecule has 126 valence electrons. The quantitative estimate of drug-likeness (QED) is 0.893. The Bertz CT molecular complexity index is 546. The van der Waals surface area contributed by atoms with Crippen molar-refractivity contribution in [2.24, 2.45) is 0 Å². The van der Waals surface area contributed by atoms with Gasteiger partial charge in [0.15, 0.2) is 0 Å². The minimum absolute atomic E-state index is 0.0812. The van der Waals surface area contributed by atoms with Gasteiger partial charge in [-0.2, -0.15) is 0 Å². The number of hydrogen-bond donors (Lipinski definition) is 1. The van der Waals surface area contributed by atoms with Crippen molar-refractivity contribution in [3.8, 4) is 0 Å². The van der Waals surface area contributed by atoms with Gasteiger partial charge < -0.3 is 10.2 Å². The lowest BCUT2D eigenvalue weighted by molar-refractivity contribution is -0.130. The number of hydrogen-bond acceptors (Lipinski definition) is 4. The van der Waals surface area contributed by atoms with Crippen molar-refractivity contribution in [1.82, 2.24) is 15.1 Å². The Labute approximate surface area is 141 Å². The highest BCUT2D eigenvalue weighted by Crippen LogP contribution is 2.29. The molecule has 23 heavy (non-hydrogen) atoms. The summed E-state index contributed by atoms with van der Waals surface area (Å²) in [5, 5.41) is 5.03. The van der Waals surface area contributed by atoms with Gasteiger partial charge in [0.2, 0.25) is 11.8 Å². The van der Waals surface area contributed by atoms with E-state index in [9.17, 15) is 9.59 Å². The van der Waals surface area contributed by atoms with Crippen LogP contribution >= 0.6 is 11.3 Å². The predicted molar refractivity (Wildman–Crippen MR) is 91.2 cm³/mol. The van der Waals surface area contributed by atoms with Crippen molar-refractivity contribution >= 4 is 23.2 Å². The number of nitrogens with zero attached hydrogens (tertiary/aromatic N) is 2. The Morgan fingerprint density at radius 2 is 2.04 bits per heavy atom. The van der Waals surface area contributed by atoms with Crippen LogP contribution < -0.4 is 5.32 Å². The Morgan fingerprint density at radius 1 is 1.26 bits per heavy atom. The van der Waals surface area contributed by atoms with Crippen molar-refractivity contribution in [3.05, 3.63) is 22.4 Å². The van der Waals surface area contributed by atoms with E-state index in [4.69, 9.17) is 0 Å². The van der Waals surface area contributed by atoms with Crippen molar-refractivity contribution < 1.29 is 9.59 Å². The standard InChI is InChI=1S/C17H25N3O2S/c1-13(21)20-9-3-7-16(20)15-6-2-8-19(15)12-17(22)18-11-14-5-4-10-23-14/h4-5,10,15-16H,2-3,6-9,11-12H2,1H3,(H,18,22)/t15-,16+/m0/s1. The number of likely N-dealkylation sites (tertiary alicyclic amines) is 2. The molecule has 3 heterocycles. The molecule has 1 N–H and O–H groups in total. The molecule has 0 aliphatic carbocycles. The first-order chi connectivity index (χ1) is 11.1. The van der Waals surface area contributed by atoms with Crippen LogP contribution in [0, 0.1) is 0 Å². The summed E-state index contributed by atoms with van der Waals surface area (Å²) in [4.78, 5) is 29.5. The zero-order valence-electron chi connectivity index (χ0n) is 13.7. The molecule has 3 rings (SSSR count). The summed E-state index contributed by atoms with van der Waals surface area (Å²) < 4.78 is 0. The molecule has 0 unspecified atom stereocenters. The molecule has 2 fully saturated rings. The van der Waals surface area contributed by atoms with Gasteiger partial charge in [0, 0.05) is 30.4 Å². The zero-order valence-corrected chi connectivity index (χ0v) is 14.5. The largest absolute Gasteiger partial charge is 0.350 e. The molecule has 1 aromatic rings. The van der Waals surface area contributed by atoms with Crippen LogP contribution in [0.3, 0.4) is 0 Å². The van der Waals surface area contributed by atoms with Crippen LogP contribution in [-0.2, 0) is 16.1 Å². The molecule has 2 amide bonds. The van der Waals surface area contributed by atoms with Crippen molar-refractivity contribution in [2.75, 3.05) is 19.6 Å². The van der Waals surface area contributed by atoms with Gasteiger partial charge in [-0.25, -0.2) is 0 Å². The summed E-state index contributed by atoms with van der Waals surface area (Å²) in [6.45, 7) is 4.54. The molecule has 2 atom stereocenters. The SMILES string of the molecule is CC(=O)N1CCC[C@@H]1[C@@H]1CCCN1CC(=O)NCc1cccs1. The van der Waals surface area contributed by atoms with E-state index in [1.54, 1.807) is 18.3 Å². The molecule has 0 aromatic carbocycles. The van der Waals surface area contributed by atoms with Crippen molar-refractivity contribution in [3.63, 3.8) is 0 Å². The third kappa shape index (κ3) is 3.93. The fourth-order valence-electron chi connectivity index (χ4n) is 3.91. The molecule has 5 nitrogen and oxygen atoms in total. The summed E-state index contributed by atoms with van der Waals surface area (Å²) in [6, 6.07) is 4.67. The van der Waals surface area contributed by atoms with Crippen LogP contribution in [0.25, 0.3) is 0 Å². The summed E-state index contributed by atoms with van der Waals surface area (Å²) in [5.74, 6) is 0.249. The maximum atomic E-state index is 12.2. The number of carbonyl (C=O) groups is 2. The van der Waals surface area contributed by atoms with E-state index >= 15 is 0 Å². The second kappa shape index (κ2) is 7.45. The second-order valence-corrected chi connectivity index (χ2v) is 7.49. The molecule has 0 saturated carbocycles. The first-order valence-corrected chi connectivity index (χ1v) is 9.33. The van der Waals surface area contributed by atoms with Crippen LogP contribution in [-0.4, -0.2) is 53.3 Å². The normalized spacial score (nSPS) is 25.0. The molecule has 2 saturated heterocycles. The van der Waals surface area contributed by atoms with E-state index < -0.39 is 0 Å². The minimum atomic E-state index is 0.0812. The first kappa shape index (κ1) is 16.5. The van der Waals surface area contributed by atoms with Gasteiger partial charge in [-0.3, -0.25) is 14.5 Å². The fraction of sp³-hybridized carbons (Fsp3) is 0.647. The zero-order chi connectivity index (χ0) is 16.2. The average molecular weight is 335 g/mol. The topological polar surface area (TPSA) is 52.7 Å². The first-order valence-electron chi connectivity index (χ1n) is 8.45. The van der Waals surface area contributed by atoms with E-state index in [1.807, 2.05) is 22.4 Å². The molecule has 0 bridgehead atoms. The molecular formula is C17H25N3O2S. The van der Waals surface area contributed by atoms with Gasteiger partial charge in [-0.15, -0.1) is 11.3 Å². The third-order valence-corrected chi connectivity index (χ3v) is 5.83. The lowest BCUT2D eigenvalue weighted by Crippen LogP contribution is -2.50. The third-order valence-electron chi connectivity index (χ3n) is 4.95. The summed E-state index contributed by atoms with van der Waals surface area (Å²) in [5.41, 5.74) is 0. The van der Waals surface area contributed by atoms with E-state index in [-0.39, 0.29) is 11.8 Å². The minimum Gasteiger partial charge on any atom is -0.350 e. The van der Waals surface area contributed by atoms with Crippen LogP contribution in [0.15, 0.2) is 17.5 Å². The smallest absolute Gasteiger partial charge is 0.234 e. The van der Waals surface area contributed by atoms with Crippen LogP contribution in [0.1, 0.15) is 37.5 Å². The summed E-state index contributed by atoms with van der Waals surface area (Å²) in [7, 11) is 0. The van der Waals surface area contributed by atoms with Crippen molar-refractivity contribution in [2.45, 2.75) is 51.2 Å². The second-order valence-electron chi connectivity index (χ2n) is 6.46. The van der Waals surface area contributed by atoms with Gasteiger partial charge in [0.25, 0.3) is 0 Å². The van der Waals surface area contributed by atoms with E-state index in [0.29, 0.717) is 25.2 Å². The molecule has 2 aliphatic rings. The maximum absolute atomic E-state index is 12.2. The lowest BCUT2D eigenvalue weighted by Gasteiger charge is -2.34. The molecular weight excluding hydrogens is 310 g/mol. The number of amides is 2. The van der Waals surface area contributed by atoms with Crippen molar-refractivity contribution in [1.29, 1.82) is 0 Å². The van der Waals surface area contributed by atoms with E-state index in [1.165, 1.54) is 4.88 Å². The summed E-state index contributed by atoms with van der Waals surface area (Å²) >= 11 is 1.66. The Morgan fingerprint density at radius 3 is 2.78 bits per heavy atom. The monoisotopic (exact) mass is 335 g/mol. The van der Waals surface area contributed by atoms with Gasteiger partial charge >= 0.3 is 0 Å². The van der Waals surface area contributed by atoms with Gasteiger partial charge in [-0.05, 0) is 43.7 Å². The number of carbonyl (C=O) groups excluding carboxylic acids is 2. The number of nitrogens with one attached hydrogen (secondary N) is 1. The van der Waals surface area contributed by atoms with Gasteiger partial charge in [-0.1, -0.05) is 6.07 Å². The highest BCUT2D eigenvalue weighted by atomic mass is 32.1. The molecule has 0 spiro atoms. The fourth-order valence-corrected chi connectivity index (χ4v) is 4.55. The average Bonchev–Trinajstić information content (AvgIpc) is 3.25.